The molecule has 7 heteroatoms. The Hall–Kier alpha value is -3.64. The van der Waals surface area contributed by atoms with E-state index in [1.807, 2.05) is 71.0 Å². The summed E-state index contributed by atoms with van der Waals surface area (Å²) in [6, 6.07) is 23.6. The zero-order chi connectivity index (χ0) is 22.9. The van der Waals surface area contributed by atoms with Crippen LogP contribution in [0.15, 0.2) is 78.9 Å². The molecule has 3 aromatic carbocycles. The van der Waals surface area contributed by atoms with Crippen LogP contribution in [0.5, 0.6) is 0 Å². The molecule has 2 atom stereocenters. The van der Waals surface area contributed by atoms with Crippen molar-refractivity contribution >= 4 is 40.1 Å². The van der Waals surface area contributed by atoms with E-state index in [0.717, 1.165) is 22.4 Å². The minimum Gasteiger partial charge on any atom is -0.327 e. The molecule has 0 saturated heterocycles. The third-order valence-corrected chi connectivity index (χ3v) is 6.30. The smallest absolute Gasteiger partial charge is 0.247 e. The first-order chi connectivity index (χ1) is 16.0. The van der Waals surface area contributed by atoms with Crippen molar-refractivity contribution in [2.45, 2.75) is 32.0 Å². The first-order valence-corrected chi connectivity index (χ1v) is 11.3. The highest BCUT2D eigenvalue weighted by Gasteiger charge is 2.40. The lowest BCUT2D eigenvalue weighted by Gasteiger charge is -2.38. The number of nitrogens with one attached hydrogen (secondary N) is 1. The van der Waals surface area contributed by atoms with Crippen molar-refractivity contribution < 1.29 is 9.59 Å². The lowest BCUT2D eigenvalue weighted by atomic mass is 10.0. The summed E-state index contributed by atoms with van der Waals surface area (Å²) < 4.78 is 1.94. The largest absolute Gasteiger partial charge is 0.327 e. The number of hydrogen-bond donors (Lipinski definition) is 1. The molecular formula is C26H23ClN4O2. The molecule has 0 saturated carbocycles. The number of carbonyl (C=O) groups excluding carboxylic acids is 2. The average molecular weight is 459 g/mol. The van der Waals surface area contributed by atoms with Crippen LogP contribution in [0, 0.1) is 0 Å². The van der Waals surface area contributed by atoms with Crippen LogP contribution in [0.2, 0.25) is 5.02 Å². The lowest BCUT2D eigenvalue weighted by molar-refractivity contribution is -0.142. The minimum absolute atomic E-state index is 0.00677. The van der Waals surface area contributed by atoms with Crippen LogP contribution >= 0.6 is 11.6 Å². The number of halogens is 1. The molecule has 166 valence electrons. The average Bonchev–Trinajstić information content (AvgIpc) is 3.21. The van der Waals surface area contributed by atoms with Gasteiger partial charge in [-0.25, -0.2) is 4.98 Å². The SMILES string of the molecule is C[C@@H]1c2nc3ccccc3n2[C@H](CC(=O)Nc2ccc(Cl)cc2)C(=O)N1Cc1ccccc1. The molecule has 0 spiro atoms. The van der Waals surface area contributed by atoms with Crippen molar-refractivity contribution in [2.24, 2.45) is 0 Å². The molecule has 0 fully saturated rings. The minimum atomic E-state index is -0.681. The molecule has 33 heavy (non-hydrogen) atoms. The van der Waals surface area contributed by atoms with Gasteiger partial charge in [0.1, 0.15) is 11.9 Å². The Morgan fingerprint density at radius 1 is 1.00 bits per heavy atom. The number of amides is 2. The highest BCUT2D eigenvalue weighted by Crippen LogP contribution is 2.37. The summed E-state index contributed by atoms with van der Waals surface area (Å²) in [5.74, 6) is 0.456. The molecule has 1 aliphatic rings. The summed E-state index contributed by atoms with van der Waals surface area (Å²) in [5.41, 5.74) is 3.35. The quantitative estimate of drug-likeness (QED) is 0.437. The number of aromatic nitrogens is 2. The van der Waals surface area contributed by atoms with Gasteiger partial charge in [-0.15, -0.1) is 0 Å². The number of nitrogens with zero attached hydrogens (tertiary/aromatic N) is 3. The maximum absolute atomic E-state index is 13.8. The van der Waals surface area contributed by atoms with Crippen molar-refractivity contribution in [3.8, 4) is 0 Å². The fraction of sp³-hybridized carbons (Fsp3) is 0.192. The van der Waals surface area contributed by atoms with Crippen LogP contribution in [0.1, 0.15) is 36.8 Å². The summed E-state index contributed by atoms with van der Waals surface area (Å²) in [6.07, 6.45) is 0.00677. The van der Waals surface area contributed by atoms with Crippen LogP contribution in [-0.2, 0) is 16.1 Å². The van der Waals surface area contributed by atoms with Crippen LogP contribution < -0.4 is 5.32 Å². The Morgan fingerprint density at radius 2 is 1.70 bits per heavy atom. The number of benzene rings is 3. The predicted octanol–water partition coefficient (Wildman–Crippen LogP) is 5.36. The van der Waals surface area contributed by atoms with Gasteiger partial charge in [-0.1, -0.05) is 54.1 Å². The lowest BCUT2D eigenvalue weighted by Crippen LogP contribution is -2.45. The van der Waals surface area contributed by atoms with Crippen LogP contribution in [0.25, 0.3) is 11.0 Å². The molecule has 0 aliphatic carbocycles. The van der Waals surface area contributed by atoms with E-state index in [0.29, 0.717) is 17.3 Å². The molecule has 0 radical (unpaired) electrons. The maximum Gasteiger partial charge on any atom is 0.247 e. The van der Waals surface area contributed by atoms with Gasteiger partial charge in [0.05, 0.1) is 23.5 Å². The van der Waals surface area contributed by atoms with Crippen molar-refractivity contribution in [1.29, 1.82) is 0 Å². The summed E-state index contributed by atoms with van der Waals surface area (Å²) >= 11 is 5.95. The van der Waals surface area contributed by atoms with Gasteiger partial charge in [0.25, 0.3) is 0 Å². The van der Waals surface area contributed by atoms with Crippen molar-refractivity contribution in [3.63, 3.8) is 0 Å². The number of rotatable bonds is 5. The van der Waals surface area contributed by atoms with E-state index in [1.54, 1.807) is 24.3 Å². The van der Waals surface area contributed by atoms with Crippen LogP contribution in [0.3, 0.4) is 0 Å². The van der Waals surface area contributed by atoms with Gasteiger partial charge in [0, 0.05) is 17.3 Å². The molecule has 1 aromatic heterocycles. The normalized spacial score (nSPS) is 17.8. The number of fused-ring (bicyclic) bond motifs is 3. The second-order valence-corrected chi connectivity index (χ2v) is 8.67. The van der Waals surface area contributed by atoms with E-state index < -0.39 is 6.04 Å². The predicted molar refractivity (Wildman–Crippen MR) is 129 cm³/mol. The summed E-state index contributed by atoms with van der Waals surface area (Å²) in [5, 5.41) is 3.47. The molecular weight excluding hydrogens is 436 g/mol. The van der Waals surface area contributed by atoms with Gasteiger partial charge in [-0.3, -0.25) is 9.59 Å². The molecule has 5 rings (SSSR count). The van der Waals surface area contributed by atoms with Crippen molar-refractivity contribution in [1.82, 2.24) is 14.5 Å². The van der Waals surface area contributed by atoms with E-state index in [2.05, 4.69) is 5.32 Å². The Balaban J connectivity index is 1.50. The van der Waals surface area contributed by atoms with Crippen molar-refractivity contribution in [3.05, 3.63) is 95.3 Å². The van der Waals surface area contributed by atoms with Crippen LogP contribution in [0.4, 0.5) is 5.69 Å². The molecule has 2 heterocycles. The third kappa shape index (κ3) is 4.10. The highest BCUT2D eigenvalue weighted by molar-refractivity contribution is 6.30. The molecule has 6 nitrogen and oxygen atoms in total. The Bertz CT molecular complexity index is 1320. The molecule has 1 aliphatic heterocycles. The third-order valence-electron chi connectivity index (χ3n) is 6.05. The van der Waals surface area contributed by atoms with Gasteiger partial charge in [-0.05, 0) is 48.9 Å². The number of para-hydroxylation sites is 2. The Labute approximate surface area is 196 Å². The standard InChI is InChI=1S/C26H23ClN4O2/c1-17-25-29-21-9-5-6-10-22(21)31(25)23(15-24(32)28-20-13-11-19(27)12-14-20)26(33)30(17)16-18-7-3-2-4-8-18/h2-14,17,23H,15-16H2,1H3,(H,28,32)/t17-,23-/m1/s1. The second kappa shape index (κ2) is 8.71. The topological polar surface area (TPSA) is 67.2 Å². The Kier molecular flexibility index (Phi) is 5.60. The van der Waals surface area contributed by atoms with Gasteiger partial charge >= 0.3 is 0 Å². The van der Waals surface area contributed by atoms with Gasteiger partial charge in [0.2, 0.25) is 11.8 Å². The number of carbonyl (C=O) groups is 2. The fourth-order valence-electron chi connectivity index (χ4n) is 4.41. The van der Waals surface area contributed by atoms with E-state index >= 15 is 0 Å². The van der Waals surface area contributed by atoms with E-state index in [1.165, 1.54) is 0 Å². The van der Waals surface area contributed by atoms with Gasteiger partial charge in [-0.2, -0.15) is 0 Å². The molecule has 1 N–H and O–H groups in total. The maximum atomic E-state index is 13.8. The van der Waals surface area contributed by atoms with Crippen molar-refractivity contribution in [2.75, 3.05) is 5.32 Å². The second-order valence-electron chi connectivity index (χ2n) is 8.23. The van der Waals surface area contributed by atoms with Crippen LogP contribution in [-0.4, -0.2) is 26.3 Å². The van der Waals surface area contributed by atoms with Gasteiger partial charge in [0.15, 0.2) is 0 Å². The van der Waals surface area contributed by atoms with E-state index in [9.17, 15) is 9.59 Å². The summed E-state index contributed by atoms with van der Waals surface area (Å²) in [7, 11) is 0. The van der Waals surface area contributed by atoms with E-state index in [-0.39, 0.29) is 24.3 Å². The first kappa shape index (κ1) is 21.2. The highest BCUT2D eigenvalue weighted by atomic mass is 35.5. The summed E-state index contributed by atoms with van der Waals surface area (Å²) in [6.45, 7) is 2.45. The monoisotopic (exact) mass is 458 g/mol. The molecule has 0 unspecified atom stereocenters. The number of hydrogen-bond acceptors (Lipinski definition) is 3. The van der Waals surface area contributed by atoms with E-state index in [4.69, 9.17) is 16.6 Å². The first-order valence-electron chi connectivity index (χ1n) is 10.9. The van der Waals surface area contributed by atoms with Gasteiger partial charge < -0.3 is 14.8 Å². The summed E-state index contributed by atoms with van der Waals surface area (Å²) in [4.78, 5) is 33.4. The Morgan fingerprint density at radius 3 is 2.45 bits per heavy atom. The number of imidazole rings is 1. The fourth-order valence-corrected chi connectivity index (χ4v) is 4.54. The number of anilines is 1. The molecule has 2 amide bonds. The molecule has 0 bridgehead atoms. The zero-order valence-corrected chi connectivity index (χ0v) is 18.9. The zero-order valence-electron chi connectivity index (χ0n) is 18.1. The molecule has 4 aromatic rings.